The van der Waals surface area contributed by atoms with Crippen LogP contribution in [0.5, 0.6) is 0 Å². The molecule has 21 heavy (non-hydrogen) atoms. The van der Waals surface area contributed by atoms with Gasteiger partial charge < -0.3 is 10.4 Å². The second kappa shape index (κ2) is 8.34. The van der Waals surface area contributed by atoms with Gasteiger partial charge in [0.2, 0.25) is 0 Å². The van der Waals surface area contributed by atoms with Gasteiger partial charge in [-0.2, -0.15) is 0 Å². The highest BCUT2D eigenvalue weighted by Crippen LogP contribution is 2.27. The second-order valence-electron chi connectivity index (χ2n) is 5.72. The topological polar surface area (TPSA) is 49.3 Å². The van der Waals surface area contributed by atoms with Gasteiger partial charge in [0.05, 0.1) is 23.2 Å². The third-order valence-electron chi connectivity index (χ3n) is 4.07. The van der Waals surface area contributed by atoms with E-state index < -0.39 is 0 Å². The standard InChI is InChI=1S/C16H21ClINO2/c17-15-7-6-12(18)9-14(15)16(21)19-13(10-20)8-11-4-2-1-3-5-11/h6-7,9,11,13,20H,1-5,8,10H2,(H,19,21). The molecule has 1 saturated carbocycles. The maximum Gasteiger partial charge on any atom is 0.253 e. The van der Waals surface area contributed by atoms with E-state index in [0.717, 1.165) is 9.99 Å². The van der Waals surface area contributed by atoms with Gasteiger partial charge in [-0.1, -0.05) is 43.7 Å². The van der Waals surface area contributed by atoms with Crippen molar-refractivity contribution in [3.63, 3.8) is 0 Å². The van der Waals surface area contributed by atoms with E-state index in [4.69, 9.17) is 11.6 Å². The zero-order valence-corrected chi connectivity index (χ0v) is 14.9. The number of carbonyl (C=O) groups excluding carboxylic acids is 1. The Kier molecular flexibility index (Phi) is 6.76. The zero-order chi connectivity index (χ0) is 15.2. The van der Waals surface area contributed by atoms with Gasteiger partial charge in [-0.05, 0) is 53.1 Å². The number of rotatable bonds is 5. The average molecular weight is 422 g/mol. The fourth-order valence-corrected chi connectivity index (χ4v) is 3.63. The number of benzene rings is 1. The van der Waals surface area contributed by atoms with Crippen molar-refractivity contribution >= 4 is 40.1 Å². The summed E-state index contributed by atoms with van der Waals surface area (Å²) >= 11 is 8.24. The summed E-state index contributed by atoms with van der Waals surface area (Å²) in [6.07, 6.45) is 7.10. The largest absolute Gasteiger partial charge is 0.394 e. The minimum absolute atomic E-state index is 0.0240. The first-order chi connectivity index (χ1) is 10.1. The fraction of sp³-hybridized carbons (Fsp3) is 0.562. The Bertz CT molecular complexity index is 489. The minimum atomic E-state index is -0.201. The molecule has 3 nitrogen and oxygen atoms in total. The SMILES string of the molecule is O=C(NC(CO)CC1CCCCC1)c1cc(I)ccc1Cl. The van der Waals surface area contributed by atoms with Crippen LogP contribution in [0, 0.1) is 9.49 Å². The van der Waals surface area contributed by atoms with Crippen LogP contribution < -0.4 is 5.32 Å². The van der Waals surface area contributed by atoms with Crippen molar-refractivity contribution in [2.45, 2.75) is 44.6 Å². The summed E-state index contributed by atoms with van der Waals surface area (Å²) in [4.78, 5) is 12.3. The molecule has 0 aromatic heterocycles. The summed E-state index contributed by atoms with van der Waals surface area (Å²) in [5.41, 5.74) is 0.477. The summed E-state index contributed by atoms with van der Waals surface area (Å²) in [5, 5.41) is 12.9. The molecule has 0 bridgehead atoms. The van der Waals surface area contributed by atoms with E-state index in [0.29, 0.717) is 16.5 Å². The molecule has 0 heterocycles. The molecule has 1 aliphatic carbocycles. The molecule has 5 heteroatoms. The van der Waals surface area contributed by atoms with Crippen molar-refractivity contribution < 1.29 is 9.90 Å². The van der Waals surface area contributed by atoms with Crippen molar-refractivity contribution in [2.75, 3.05) is 6.61 Å². The lowest BCUT2D eigenvalue weighted by Gasteiger charge is -2.26. The van der Waals surface area contributed by atoms with Gasteiger partial charge in [0, 0.05) is 3.57 Å². The van der Waals surface area contributed by atoms with Crippen LogP contribution in [0.2, 0.25) is 5.02 Å². The zero-order valence-electron chi connectivity index (χ0n) is 11.9. The molecule has 1 aromatic carbocycles. The van der Waals surface area contributed by atoms with E-state index >= 15 is 0 Å². The van der Waals surface area contributed by atoms with E-state index in [1.807, 2.05) is 6.07 Å². The van der Waals surface area contributed by atoms with Crippen LogP contribution in [0.3, 0.4) is 0 Å². The van der Waals surface area contributed by atoms with E-state index in [1.165, 1.54) is 32.1 Å². The number of aliphatic hydroxyl groups excluding tert-OH is 1. The number of carbonyl (C=O) groups is 1. The average Bonchev–Trinajstić information content (AvgIpc) is 2.50. The molecular weight excluding hydrogens is 401 g/mol. The van der Waals surface area contributed by atoms with Crippen molar-refractivity contribution in [3.8, 4) is 0 Å². The van der Waals surface area contributed by atoms with Crippen LogP contribution >= 0.6 is 34.2 Å². The summed E-state index contributed by atoms with van der Waals surface area (Å²) < 4.78 is 0.968. The van der Waals surface area contributed by atoms with Crippen LogP contribution in [0.25, 0.3) is 0 Å². The summed E-state index contributed by atoms with van der Waals surface area (Å²) in [6.45, 7) is -0.0240. The Morgan fingerprint density at radius 2 is 2.10 bits per heavy atom. The predicted octanol–water partition coefficient (Wildman–Crippen LogP) is 4.01. The molecule has 0 saturated heterocycles. The fourth-order valence-electron chi connectivity index (χ4n) is 2.94. The van der Waals surface area contributed by atoms with Crippen LogP contribution in [0.1, 0.15) is 48.9 Å². The molecule has 1 atom stereocenters. The lowest BCUT2D eigenvalue weighted by Crippen LogP contribution is -2.39. The molecular formula is C16H21ClINO2. The second-order valence-corrected chi connectivity index (χ2v) is 7.37. The van der Waals surface area contributed by atoms with Gasteiger partial charge in [0.1, 0.15) is 0 Å². The minimum Gasteiger partial charge on any atom is -0.394 e. The van der Waals surface area contributed by atoms with E-state index in [1.54, 1.807) is 12.1 Å². The third-order valence-corrected chi connectivity index (χ3v) is 5.07. The lowest BCUT2D eigenvalue weighted by molar-refractivity contribution is 0.0902. The van der Waals surface area contributed by atoms with Crippen LogP contribution in [0.4, 0.5) is 0 Å². The molecule has 116 valence electrons. The van der Waals surface area contributed by atoms with Crippen molar-refractivity contribution in [1.29, 1.82) is 0 Å². The van der Waals surface area contributed by atoms with Crippen LogP contribution in [-0.4, -0.2) is 23.7 Å². The highest BCUT2D eigenvalue weighted by Gasteiger charge is 2.21. The number of nitrogens with one attached hydrogen (secondary N) is 1. The van der Waals surface area contributed by atoms with Crippen molar-refractivity contribution in [3.05, 3.63) is 32.4 Å². The molecule has 1 unspecified atom stereocenters. The number of amides is 1. The highest BCUT2D eigenvalue weighted by atomic mass is 127. The summed E-state index contributed by atoms with van der Waals surface area (Å²) in [6, 6.07) is 5.18. The Balaban J connectivity index is 1.96. The van der Waals surface area contributed by atoms with E-state index in [-0.39, 0.29) is 18.6 Å². The first-order valence-electron chi connectivity index (χ1n) is 7.47. The summed E-state index contributed by atoms with van der Waals surface area (Å²) in [5.74, 6) is 0.413. The number of hydrogen-bond donors (Lipinski definition) is 2. The van der Waals surface area contributed by atoms with Crippen molar-refractivity contribution in [2.24, 2.45) is 5.92 Å². The Morgan fingerprint density at radius 1 is 1.38 bits per heavy atom. The first kappa shape index (κ1) is 17.0. The lowest BCUT2D eigenvalue weighted by atomic mass is 9.85. The van der Waals surface area contributed by atoms with Gasteiger partial charge in [-0.15, -0.1) is 0 Å². The molecule has 0 spiro atoms. The van der Waals surface area contributed by atoms with Gasteiger partial charge >= 0.3 is 0 Å². The van der Waals surface area contributed by atoms with Gasteiger partial charge in [-0.25, -0.2) is 0 Å². The number of aliphatic hydroxyl groups is 1. The maximum atomic E-state index is 12.3. The van der Waals surface area contributed by atoms with Gasteiger partial charge in [0.15, 0.2) is 0 Å². The monoisotopic (exact) mass is 421 g/mol. The molecule has 0 aliphatic heterocycles. The van der Waals surface area contributed by atoms with Crippen molar-refractivity contribution in [1.82, 2.24) is 5.32 Å². The van der Waals surface area contributed by atoms with E-state index in [9.17, 15) is 9.90 Å². The summed E-state index contributed by atoms with van der Waals surface area (Å²) in [7, 11) is 0. The molecule has 0 radical (unpaired) electrons. The van der Waals surface area contributed by atoms with Gasteiger partial charge in [0.25, 0.3) is 5.91 Å². The Hall–Kier alpha value is -0.330. The highest BCUT2D eigenvalue weighted by molar-refractivity contribution is 14.1. The van der Waals surface area contributed by atoms with Gasteiger partial charge in [-0.3, -0.25) is 4.79 Å². The Morgan fingerprint density at radius 3 is 2.76 bits per heavy atom. The molecule has 1 aliphatic rings. The molecule has 1 aromatic rings. The number of halogens is 2. The molecule has 1 amide bonds. The molecule has 1 fully saturated rings. The third kappa shape index (κ3) is 5.11. The van der Waals surface area contributed by atoms with Crippen LogP contribution in [0.15, 0.2) is 18.2 Å². The first-order valence-corrected chi connectivity index (χ1v) is 8.92. The van der Waals surface area contributed by atoms with Crippen LogP contribution in [-0.2, 0) is 0 Å². The quantitative estimate of drug-likeness (QED) is 0.706. The predicted molar refractivity (Wildman–Crippen MR) is 93.7 cm³/mol. The maximum absolute atomic E-state index is 12.3. The molecule has 2 N–H and O–H groups in total. The molecule has 2 rings (SSSR count). The normalized spacial score (nSPS) is 17.5. The number of hydrogen-bond acceptors (Lipinski definition) is 2. The van der Waals surface area contributed by atoms with E-state index in [2.05, 4.69) is 27.9 Å². The smallest absolute Gasteiger partial charge is 0.253 e. The Labute approximate surface area is 144 Å².